The van der Waals surface area contributed by atoms with Gasteiger partial charge in [0.25, 0.3) is 0 Å². The highest BCUT2D eigenvalue weighted by atomic mass is 16.5. The molecule has 1 heterocycles. The number of carboxylic acids is 1. The molecule has 9 heteroatoms. The van der Waals surface area contributed by atoms with Crippen LogP contribution in [-0.2, 0) is 25.5 Å². The standard InChI is InChI=1S/C26H25N3O6/c1-34-15-23(25(31)32)29-24(30)12-16-10-11-17(13-27-16)28-26(33)35-14-22-20-8-4-2-6-18(20)19-7-3-5-9-21(19)22/h2-11,13,22-23H,12,14-15H2,1H3,(H,28,33)(H,29,30)(H,31,32)/t23-/m0/s1. The van der Waals surface area contributed by atoms with Gasteiger partial charge in [0.05, 0.1) is 24.9 Å². The van der Waals surface area contributed by atoms with Crippen LogP contribution in [0, 0.1) is 0 Å². The molecule has 0 saturated heterocycles. The molecule has 3 aromatic rings. The van der Waals surface area contributed by atoms with E-state index in [9.17, 15) is 14.4 Å². The van der Waals surface area contributed by atoms with Gasteiger partial charge in [-0.1, -0.05) is 48.5 Å². The summed E-state index contributed by atoms with van der Waals surface area (Å²) in [4.78, 5) is 39.8. The van der Waals surface area contributed by atoms with Crippen LogP contribution in [0.15, 0.2) is 66.9 Å². The van der Waals surface area contributed by atoms with Crippen LogP contribution in [0.1, 0.15) is 22.7 Å². The van der Waals surface area contributed by atoms with E-state index < -0.39 is 24.0 Å². The molecule has 3 N–H and O–H groups in total. The Labute approximate surface area is 202 Å². The predicted molar refractivity (Wildman–Crippen MR) is 128 cm³/mol. The zero-order chi connectivity index (χ0) is 24.8. The molecular weight excluding hydrogens is 450 g/mol. The number of hydrogen-bond donors (Lipinski definition) is 3. The van der Waals surface area contributed by atoms with Crippen molar-refractivity contribution in [3.63, 3.8) is 0 Å². The van der Waals surface area contributed by atoms with Crippen molar-refractivity contribution in [2.24, 2.45) is 0 Å². The molecule has 9 nitrogen and oxygen atoms in total. The topological polar surface area (TPSA) is 127 Å². The number of fused-ring (bicyclic) bond motifs is 3. The van der Waals surface area contributed by atoms with E-state index in [0.717, 1.165) is 22.3 Å². The maximum Gasteiger partial charge on any atom is 0.411 e. The van der Waals surface area contributed by atoms with E-state index in [4.69, 9.17) is 14.6 Å². The Hall–Kier alpha value is -4.24. The zero-order valence-corrected chi connectivity index (χ0v) is 19.1. The van der Waals surface area contributed by atoms with E-state index in [1.165, 1.54) is 13.3 Å². The second kappa shape index (κ2) is 10.8. The smallest absolute Gasteiger partial charge is 0.411 e. The van der Waals surface area contributed by atoms with E-state index in [1.54, 1.807) is 12.1 Å². The van der Waals surface area contributed by atoms with Gasteiger partial charge in [0, 0.05) is 18.7 Å². The van der Waals surface area contributed by atoms with Crippen molar-refractivity contribution in [3.05, 3.63) is 83.7 Å². The number of carboxylic acid groups (broad SMARTS) is 1. The maximum absolute atomic E-state index is 12.4. The van der Waals surface area contributed by atoms with Crippen LogP contribution >= 0.6 is 0 Å². The number of anilines is 1. The number of rotatable bonds is 9. The van der Waals surface area contributed by atoms with E-state index in [1.807, 2.05) is 36.4 Å². The molecule has 0 spiro atoms. The number of carbonyl (C=O) groups excluding carboxylic acids is 2. The van der Waals surface area contributed by atoms with Crippen LogP contribution in [0.2, 0.25) is 0 Å². The van der Waals surface area contributed by atoms with Gasteiger partial charge >= 0.3 is 12.1 Å². The number of ether oxygens (including phenoxy) is 2. The summed E-state index contributed by atoms with van der Waals surface area (Å²) in [6.07, 6.45) is 0.690. The summed E-state index contributed by atoms with van der Waals surface area (Å²) in [5, 5.41) is 14.1. The molecule has 0 fully saturated rings. The van der Waals surface area contributed by atoms with Crippen LogP contribution in [0.5, 0.6) is 0 Å². The quantitative estimate of drug-likeness (QED) is 0.434. The number of aliphatic carboxylic acids is 1. The highest BCUT2D eigenvalue weighted by Gasteiger charge is 2.29. The molecular formula is C26H25N3O6. The van der Waals surface area contributed by atoms with Crippen molar-refractivity contribution in [2.75, 3.05) is 25.6 Å². The van der Waals surface area contributed by atoms with Gasteiger partial charge in [-0.05, 0) is 34.4 Å². The van der Waals surface area contributed by atoms with Gasteiger partial charge in [0.15, 0.2) is 6.04 Å². The molecule has 1 aliphatic rings. The third-order valence-corrected chi connectivity index (χ3v) is 5.72. The molecule has 0 saturated carbocycles. The monoisotopic (exact) mass is 475 g/mol. The highest BCUT2D eigenvalue weighted by molar-refractivity contribution is 5.86. The maximum atomic E-state index is 12.4. The number of nitrogens with one attached hydrogen (secondary N) is 2. The van der Waals surface area contributed by atoms with Crippen LogP contribution in [0.4, 0.5) is 10.5 Å². The van der Waals surface area contributed by atoms with Crippen LogP contribution in [-0.4, -0.2) is 54.4 Å². The van der Waals surface area contributed by atoms with Gasteiger partial charge in [0.2, 0.25) is 5.91 Å². The van der Waals surface area contributed by atoms with Gasteiger partial charge in [-0.3, -0.25) is 15.1 Å². The van der Waals surface area contributed by atoms with E-state index in [0.29, 0.717) is 11.4 Å². The first-order chi connectivity index (χ1) is 17.0. The van der Waals surface area contributed by atoms with Gasteiger partial charge < -0.3 is 19.9 Å². The number of amides is 2. The minimum Gasteiger partial charge on any atom is -0.480 e. The minimum atomic E-state index is -1.18. The number of benzene rings is 2. The molecule has 2 aromatic carbocycles. The summed E-state index contributed by atoms with van der Waals surface area (Å²) in [5.74, 6) is -1.73. The Morgan fingerprint density at radius 2 is 1.66 bits per heavy atom. The Kier molecular flexibility index (Phi) is 7.37. The van der Waals surface area contributed by atoms with E-state index >= 15 is 0 Å². The van der Waals surface area contributed by atoms with E-state index in [-0.39, 0.29) is 25.6 Å². The van der Waals surface area contributed by atoms with Gasteiger partial charge in [-0.15, -0.1) is 0 Å². The first-order valence-electron chi connectivity index (χ1n) is 11.0. The lowest BCUT2D eigenvalue weighted by Crippen LogP contribution is -2.44. The largest absolute Gasteiger partial charge is 0.480 e. The Morgan fingerprint density at radius 1 is 1.00 bits per heavy atom. The van der Waals surface area contributed by atoms with Crippen molar-refractivity contribution in [2.45, 2.75) is 18.4 Å². The summed E-state index contributed by atoms with van der Waals surface area (Å²) in [6, 6.07) is 18.2. The van der Waals surface area contributed by atoms with Crippen molar-refractivity contribution in [1.29, 1.82) is 0 Å². The lowest BCUT2D eigenvalue weighted by Gasteiger charge is -2.15. The zero-order valence-electron chi connectivity index (χ0n) is 19.1. The molecule has 1 aliphatic carbocycles. The fraction of sp³-hybridized carbons (Fsp3) is 0.231. The molecule has 35 heavy (non-hydrogen) atoms. The summed E-state index contributed by atoms with van der Waals surface area (Å²) >= 11 is 0. The molecule has 2 amide bonds. The summed E-state index contributed by atoms with van der Waals surface area (Å²) in [7, 11) is 1.35. The van der Waals surface area contributed by atoms with Crippen molar-refractivity contribution < 1.29 is 29.0 Å². The molecule has 0 unspecified atom stereocenters. The second-order valence-electron chi connectivity index (χ2n) is 8.08. The molecule has 1 aromatic heterocycles. The first-order valence-corrected chi connectivity index (χ1v) is 11.0. The predicted octanol–water partition coefficient (Wildman–Crippen LogP) is 3.20. The van der Waals surface area contributed by atoms with Crippen molar-refractivity contribution in [3.8, 4) is 11.1 Å². The Morgan fingerprint density at radius 3 is 2.23 bits per heavy atom. The SMILES string of the molecule is COC[C@H](NC(=O)Cc1ccc(NC(=O)OCC2c3ccccc3-c3ccccc32)cn1)C(=O)O. The third kappa shape index (κ3) is 5.64. The molecule has 0 aliphatic heterocycles. The van der Waals surface area contributed by atoms with Gasteiger partial charge in [0.1, 0.15) is 6.61 Å². The average Bonchev–Trinajstić information content (AvgIpc) is 3.17. The number of methoxy groups -OCH3 is 1. The summed E-state index contributed by atoms with van der Waals surface area (Å²) < 4.78 is 10.3. The number of pyridine rings is 1. The second-order valence-corrected chi connectivity index (χ2v) is 8.08. The molecule has 0 bridgehead atoms. The summed E-state index contributed by atoms with van der Waals surface area (Å²) in [6.45, 7) is 0.0509. The molecule has 4 rings (SSSR count). The fourth-order valence-electron chi connectivity index (χ4n) is 4.11. The molecule has 0 radical (unpaired) electrons. The third-order valence-electron chi connectivity index (χ3n) is 5.72. The van der Waals surface area contributed by atoms with Crippen LogP contribution in [0.25, 0.3) is 11.1 Å². The van der Waals surface area contributed by atoms with Crippen molar-refractivity contribution in [1.82, 2.24) is 10.3 Å². The lowest BCUT2D eigenvalue weighted by molar-refractivity contribution is -0.143. The number of hydrogen-bond acceptors (Lipinski definition) is 6. The normalized spacial score (nSPS) is 12.8. The Bertz CT molecular complexity index is 1180. The van der Waals surface area contributed by atoms with E-state index in [2.05, 4.69) is 27.8 Å². The van der Waals surface area contributed by atoms with Gasteiger partial charge in [-0.2, -0.15) is 0 Å². The minimum absolute atomic E-state index is 0.0418. The van der Waals surface area contributed by atoms with Crippen LogP contribution in [0.3, 0.4) is 0 Å². The lowest BCUT2D eigenvalue weighted by atomic mass is 9.98. The fourth-order valence-corrected chi connectivity index (χ4v) is 4.11. The first kappa shape index (κ1) is 23.9. The van der Waals surface area contributed by atoms with Gasteiger partial charge in [-0.25, -0.2) is 9.59 Å². The van der Waals surface area contributed by atoms with Crippen LogP contribution < -0.4 is 10.6 Å². The molecule has 1 atom stereocenters. The van der Waals surface area contributed by atoms with Crippen molar-refractivity contribution >= 4 is 23.7 Å². The average molecular weight is 476 g/mol. The number of carbonyl (C=O) groups is 3. The number of nitrogens with zero attached hydrogens (tertiary/aromatic N) is 1. The summed E-state index contributed by atoms with van der Waals surface area (Å²) in [5.41, 5.74) is 5.38. The Balaban J connectivity index is 1.31. The number of aromatic nitrogens is 1. The molecule has 180 valence electrons. The highest BCUT2D eigenvalue weighted by Crippen LogP contribution is 2.44.